The van der Waals surface area contributed by atoms with E-state index in [1.807, 2.05) is 0 Å². The first kappa shape index (κ1) is 13.7. The molecular weight excluding hydrogens is 259 g/mol. The molecule has 4 nitrogen and oxygen atoms in total. The number of amides is 1. The molecule has 0 aliphatic heterocycles. The summed E-state index contributed by atoms with van der Waals surface area (Å²) in [6.07, 6.45) is 0.165. The lowest BCUT2D eigenvalue weighted by Gasteiger charge is -2.09. The zero-order valence-corrected chi connectivity index (χ0v) is 10.6. The molecule has 0 atom stereocenters. The van der Waals surface area contributed by atoms with E-state index in [1.54, 1.807) is 24.3 Å². The Morgan fingerprint density at radius 3 is 2.45 bits per heavy atom. The van der Waals surface area contributed by atoms with Crippen LogP contribution in [0.3, 0.4) is 0 Å². The number of halogens is 1. The summed E-state index contributed by atoms with van der Waals surface area (Å²) in [5, 5.41) is 17.3. The lowest BCUT2D eigenvalue weighted by Crippen LogP contribution is -2.17. The number of rotatable bonds is 4. The summed E-state index contributed by atoms with van der Waals surface area (Å²) in [7, 11) is 0. The van der Waals surface area contributed by atoms with Crippen LogP contribution >= 0.6 is 0 Å². The molecule has 0 saturated heterocycles. The van der Waals surface area contributed by atoms with Gasteiger partial charge in [-0.1, -0.05) is 24.3 Å². The van der Waals surface area contributed by atoms with Gasteiger partial charge in [-0.15, -0.1) is 0 Å². The number of phenolic OH excluding ortho intramolecular Hbond substituents is 1. The van der Waals surface area contributed by atoms with Gasteiger partial charge in [0, 0.05) is 23.3 Å². The summed E-state index contributed by atoms with van der Waals surface area (Å²) in [4.78, 5) is 11.3. The first-order valence-electron chi connectivity index (χ1n) is 5.93. The molecule has 2 rings (SSSR count). The van der Waals surface area contributed by atoms with Crippen LogP contribution in [0.1, 0.15) is 21.5 Å². The fraction of sp³-hybridized carbons (Fsp3) is 0.0667. The molecule has 0 radical (unpaired) electrons. The molecule has 0 spiro atoms. The first-order chi connectivity index (χ1) is 9.49. The molecule has 102 valence electrons. The minimum Gasteiger partial charge on any atom is -0.505 e. The molecule has 0 aromatic heterocycles. The van der Waals surface area contributed by atoms with Crippen molar-refractivity contribution in [1.29, 1.82) is 5.41 Å². The van der Waals surface area contributed by atoms with Gasteiger partial charge in [-0.2, -0.15) is 0 Å². The summed E-state index contributed by atoms with van der Waals surface area (Å²) < 4.78 is 13.0. The van der Waals surface area contributed by atoms with E-state index in [1.165, 1.54) is 12.1 Å². The third-order valence-corrected chi connectivity index (χ3v) is 2.91. The van der Waals surface area contributed by atoms with Crippen molar-refractivity contribution < 1.29 is 14.3 Å². The molecule has 2 aromatic rings. The van der Waals surface area contributed by atoms with E-state index in [0.717, 1.165) is 6.07 Å². The number of carbonyl (C=O) groups is 1. The number of nitrogens with one attached hydrogen (secondary N) is 1. The molecule has 0 unspecified atom stereocenters. The highest BCUT2D eigenvalue weighted by Crippen LogP contribution is 2.19. The monoisotopic (exact) mass is 272 g/mol. The summed E-state index contributed by atoms with van der Waals surface area (Å²) >= 11 is 0. The summed E-state index contributed by atoms with van der Waals surface area (Å²) in [6.45, 7) is 0. The molecule has 0 saturated carbocycles. The maximum absolute atomic E-state index is 13.0. The molecule has 5 heteroatoms. The minimum atomic E-state index is -0.710. The Morgan fingerprint density at radius 1 is 1.20 bits per heavy atom. The second-order valence-electron chi connectivity index (χ2n) is 4.35. The average Bonchev–Trinajstić information content (AvgIpc) is 2.43. The number of hydrogen-bond acceptors (Lipinski definition) is 3. The van der Waals surface area contributed by atoms with Crippen LogP contribution < -0.4 is 5.73 Å². The van der Waals surface area contributed by atoms with E-state index in [4.69, 9.17) is 11.1 Å². The SMILES string of the molecule is N=C(Cc1ccc(F)c(O)c1)c1ccccc1C(N)=O. The number of carbonyl (C=O) groups excluding carboxylic acids is 1. The Balaban J connectivity index is 2.28. The highest BCUT2D eigenvalue weighted by atomic mass is 19.1. The Kier molecular flexibility index (Phi) is 3.79. The average molecular weight is 272 g/mol. The maximum atomic E-state index is 13.0. The second kappa shape index (κ2) is 5.52. The topological polar surface area (TPSA) is 87.2 Å². The lowest BCUT2D eigenvalue weighted by atomic mass is 9.97. The van der Waals surface area contributed by atoms with Crippen LogP contribution in [0.15, 0.2) is 42.5 Å². The Bertz CT molecular complexity index is 683. The van der Waals surface area contributed by atoms with Gasteiger partial charge in [0.25, 0.3) is 0 Å². The van der Waals surface area contributed by atoms with E-state index >= 15 is 0 Å². The molecule has 4 N–H and O–H groups in total. The minimum absolute atomic E-state index is 0.165. The summed E-state index contributed by atoms with van der Waals surface area (Å²) in [5.74, 6) is -1.77. The van der Waals surface area contributed by atoms with Crippen molar-refractivity contribution in [2.75, 3.05) is 0 Å². The van der Waals surface area contributed by atoms with Crippen LogP contribution in [0.25, 0.3) is 0 Å². The molecule has 1 amide bonds. The van der Waals surface area contributed by atoms with E-state index in [0.29, 0.717) is 11.1 Å². The highest BCUT2D eigenvalue weighted by Gasteiger charge is 2.12. The number of aromatic hydroxyl groups is 1. The van der Waals surface area contributed by atoms with Crippen molar-refractivity contribution in [3.05, 3.63) is 65.0 Å². The zero-order valence-electron chi connectivity index (χ0n) is 10.6. The van der Waals surface area contributed by atoms with Crippen molar-refractivity contribution in [2.24, 2.45) is 5.73 Å². The fourth-order valence-electron chi connectivity index (χ4n) is 1.93. The predicted octanol–water partition coefficient (Wildman–Crippen LogP) is 2.24. The Hall–Kier alpha value is -2.69. The molecular formula is C15H13FN2O2. The van der Waals surface area contributed by atoms with Crippen LogP contribution in [0, 0.1) is 11.2 Å². The highest BCUT2D eigenvalue weighted by molar-refractivity contribution is 6.09. The van der Waals surface area contributed by atoms with Gasteiger partial charge >= 0.3 is 0 Å². The largest absolute Gasteiger partial charge is 0.505 e. The second-order valence-corrected chi connectivity index (χ2v) is 4.35. The van der Waals surface area contributed by atoms with Crippen LogP contribution in [0.4, 0.5) is 4.39 Å². The van der Waals surface area contributed by atoms with Gasteiger partial charge in [0.15, 0.2) is 11.6 Å². The van der Waals surface area contributed by atoms with Gasteiger partial charge in [0.05, 0.1) is 0 Å². The van der Waals surface area contributed by atoms with Crippen LogP contribution in [0.2, 0.25) is 0 Å². The van der Waals surface area contributed by atoms with Gasteiger partial charge in [-0.3, -0.25) is 4.79 Å². The molecule has 0 aliphatic carbocycles. The molecule has 0 heterocycles. The number of nitrogens with two attached hydrogens (primary N) is 1. The van der Waals surface area contributed by atoms with Crippen molar-refractivity contribution in [3.63, 3.8) is 0 Å². The molecule has 0 bridgehead atoms. The third-order valence-electron chi connectivity index (χ3n) is 2.91. The van der Waals surface area contributed by atoms with Gasteiger partial charge < -0.3 is 16.2 Å². The lowest BCUT2D eigenvalue weighted by molar-refractivity contribution is 0.1000. The van der Waals surface area contributed by atoms with E-state index < -0.39 is 17.5 Å². The predicted molar refractivity (Wildman–Crippen MR) is 73.6 cm³/mol. The van der Waals surface area contributed by atoms with Gasteiger partial charge in [-0.05, 0) is 23.8 Å². The standard InChI is InChI=1S/C15H13FN2O2/c16-12-6-5-9(8-14(12)19)7-13(17)10-3-1-2-4-11(10)15(18)20/h1-6,8,17,19H,7H2,(H2,18,20). The fourth-order valence-corrected chi connectivity index (χ4v) is 1.93. The maximum Gasteiger partial charge on any atom is 0.249 e. The van der Waals surface area contributed by atoms with E-state index in [-0.39, 0.29) is 17.7 Å². The van der Waals surface area contributed by atoms with Crippen molar-refractivity contribution in [1.82, 2.24) is 0 Å². The molecule has 0 aliphatic rings. The normalized spacial score (nSPS) is 10.2. The van der Waals surface area contributed by atoms with E-state index in [9.17, 15) is 14.3 Å². The Morgan fingerprint density at radius 2 is 1.85 bits per heavy atom. The smallest absolute Gasteiger partial charge is 0.249 e. The number of primary amides is 1. The number of hydrogen-bond donors (Lipinski definition) is 3. The number of benzene rings is 2. The molecule has 0 fully saturated rings. The molecule has 2 aromatic carbocycles. The summed E-state index contributed by atoms with van der Waals surface area (Å²) in [5.41, 5.74) is 6.71. The van der Waals surface area contributed by atoms with Crippen LogP contribution in [-0.4, -0.2) is 16.7 Å². The van der Waals surface area contributed by atoms with Crippen molar-refractivity contribution >= 4 is 11.6 Å². The van der Waals surface area contributed by atoms with Gasteiger partial charge in [0.1, 0.15) is 0 Å². The number of phenols is 1. The van der Waals surface area contributed by atoms with Crippen LogP contribution in [0.5, 0.6) is 5.75 Å². The van der Waals surface area contributed by atoms with E-state index in [2.05, 4.69) is 0 Å². The van der Waals surface area contributed by atoms with Gasteiger partial charge in [0.2, 0.25) is 5.91 Å². The van der Waals surface area contributed by atoms with Crippen molar-refractivity contribution in [2.45, 2.75) is 6.42 Å². The quantitative estimate of drug-likeness (QED) is 0.745. The third kappa shape index (κ3) is 2.83. The van der Waals surface area contributed by atoms with Gasteiger partial charge in [-0.25, -0.2) is 4.39 Å². The molecule has 20 heavy (non-hydrogen) atoms. The first-order valence-corrected chi connectivity index (χ1v) is 5.93. The Labute approximate surface area is 115 Å². The van der Waals surface area contributed by atoms with Crippen molar-refractivity contribution in [3.8, 4) is 5.75 Å². The zero-order chi connectivity index (χ0) is 14.7. The van der Waals surface area contributed by atoms with Crippen LogP contribution in [-0.2, 0) is 6.42 Å². The summed E-state index contributed by atoms with van der Waals surface area (Å²) in [6, 6.07) is 10.4.